The lowest BCUT2D eigenvalue weighted by molar-refractivity contribution is 0.390. The number of likely N-dealkylation sites (N-methyl/N-ethyl adjacent to an activating group) is 1. The summed E-state index contributed by atoms with van der Waals surface area (Å²) in [6.07, 6.45) is 2.96. The van der Waals surface area contributed by atoms with Crippen LogP contribution in [0, 0.1) is 0 Å². The number of hydrogen-bond acceptors (Lipinski definition) is 2. The summed E-state index contributed by atoms with van der Waals surface area (Å²) in [7, 11) is 2.09. The fourth-order valence-corrected chi connectivity index (χ4v) is 1.88. The lowest BCUT2D eigenvalue weighted by atomic mass is 10.2. The van der Waals surface area contributed by atoms with Crippen molar-refractivity contribution in [2.45, 2.75) is 12.5 Å². The van der Waals surface area contributed by atoms with Crippen LogP contribution in [0.25, 0.3) is 0 Å². The molecule has 0 aromatic carbocycles. The topological polar surface area (TPSA) is 25.2 Å². The van der Waals surface area contributed by atoms with Gasteiger partial charge in [0.05, 0.1) is 6.04 Å². The first kappa shape index (κ1) is 8.51. The van der Waals surface area contributed by atoms with Crippen molar-refractivity contribution < 1.29 is 0 Å². The zero-order valence-electron chi connectivity index (χ0n) is 7.81. The molecule has 1 aliphatic rings. The molecule has 70 valence electrons. The maximum absolute atomic E-state index is 11.5. The minimum absolute atomic E-state index is 0.114. The molecule has 1 aromatic rings. The summed E-state index contributed by atoms with van der Waals surface area (Å²) in [4.78, 5) is 13.7. The smallest absolute Gasteiger partial charge is 0.250 e. The lowest BCUT2D eigenvalue weighted by Gasteiger charge is -2.13. The van der Waals surface area contributed by atoms with Crippen molar-refractivity contribution in [1.82, 2.24) is 9.47 Å². The van der Waals surface area contributed by atoms with Gasteiger partial charge in [0.25, 0.3) is 5.56 Å². The summed E-state index contributed by atoms with van der Waals surface area (Å²) in [5.41, 5.74) is 0.114. The summed E-state index contributed by atoms with van der Waals surface area (Å²) >= 11 is 0. The third kappa shape index (κ3) is 1.65. The van der Waals surface area contributed by atoms with Crippen molar-refractivity contribution in [3.05, 3.63) is 34.7 Å². The number of likely N-dealkylation sites (tertiary alicyclic amines) is 1. The standard InChI is InChI=1S/C10H14N2O/c1-11-7-5-9(8-11)12-6-3-2-4-10(12)13/h2-4,6,9H,5,7-8H2,1H3. The van der Waals surface area contributed by atoms with Gasteiger partial charge in [-0.2, -0.15) is 0 Å². The van der Waals surface area contributed by atoms with Gasteiger partial charge in [0.15, 0.2) is 0 Å². The summed E-state index contributed by atoms with van der Waals surface area (Å²) in [5, 5.41) is 0. The predicted molar refractivity (Wildman–Crippen MR) is 51.9 cm³/mol. The van der Waals surface area contributed by atoms with Gasteiger partial charge in [0, 0.05) is 18.8 Å². The van der Waals surface area contributed by atoms with E-state index in [4.69, 9.17) is 0 Å². The van der Waals surface area contributed by atoms with E-state index >= 15 is 0 Å². The van der Waals surface area contributed by atoms with Gasteiger partial charge in [-0.05, 0) is 26.1 Å². The lowest BCUT2D eigenvalue weighted by Crippen LogP contribution is -2.25. The van der Waals surface area contributed by atoms with E-state index in [9.17, 15) is 4.79 Å². The van der Waals surface area contributed by atoms with Gasteiger partial charge in [0.2, 0.25) is 0 Å². The number of pyridine rings is 1. The van der Waals surface area contributed by atoms with E-state index in [0.29, 0.717) is 6.04 Å². The Hall–Kier alpha value is -1.09. The third-order valence-corrected chi connectivity index (χ3v) is 2.61. The number of aromatic nitrogens is 1. The van der Waals surface area contributed by atoms with Gasteiger partial charge in [-0.1, -0.05) is 6.07 Å². The van der Waals surface area contributed by atoms with Crippen molar-refractivity contribution in [1.29, 1.82) is 0 Å². The van der Waals surface area contributed by atoms with Crippen LogP contribution in [0.2, 0.25) is 0 Å². The Morgan fingerprint density at radius 3 is 2.92 bits per heavy atom. The Morgan fingerprint density at radius 2 is 2.31 bits per heavy atom. The molecule has 0 saturated carbocycles. The molecule has 1 atom stereocenters. The summed E-state index contributed by atoms with van der Waals surface area (Å²) in [5.74, 6) is 0. The van der Waals surface area contributed by atoms with Crippen LogP contribution >= 0.6 is 0 Å². The first-order chi connectivity index (χ1) is 6.27. The molecule has 0 amide bonds. The molecule has 0 spiro atoms. The predicted octanol–water partition coefficient (Wildman–Crippen LogP) is 0.725. The van der Waals surface area contributed by atoms with E-state index in [-0.39, 0.29) is 5.56 Å². The molecule has 1 aliphatic heterocycles. The maximum atomic E-state index is 11.5. The van der Waals surface area contributed by atoms with E-state index in [1.807, 2.05) is 16.8 Å². The highest BCUT2D eigenvalue weighted by Gasteiger charge is 2.20. The molecule has 3 nitrogen and oxygen atoms in total. The van der Waals surface area contributed by atoms with Crippen LogP contribution in [-0.2, 0) is 0 Å². The van der Waals surface area contributed by atoms with Gasteiger partial charge in [-0.15, -0.1) is 0 Å². The molecule has 0 N–H and O–H groups in total. The third-order valence-electron chi connectivity index (χ3n) is 2.61. The average molecular weight is 178 g/mol. The molecule has 2 heterocycles. The Morgan fingerprint density at radius 1 is 1.46 bits per heavy atom. The van der Waals surface area contributed by atoms with Crippen molar-refractivity contribution in [3.8, 4) is 0 Å². The summed E-state index contributed by atoms with van der Waals surface area (Å²) in [6.45, 7) is 2.08. The average Bonchev–Trinajstić information content (AvgIpc) is 2.53. The monoisotopic (exact) mass is 178 g/mol. The highest BCUT2D eigenvalue weighted by molar-refractivity contribution is 4.96. The molecule has 3 heteroatoms. The van der Waals surface area contributed by atoms with Crippen LogP contribution in [0.15, 0.2) is 29.2 Å². The molecule has 1 fully saturated rings. The molecule has 2 rings (SSSR count). The largest absolute Gasteiger partial charge is 0.311 e. The second-order valence-corrected chi connectivity index (χ2v) is 3.65. The van der Waals surface area contributed by atoms with Gasteiger partial charge >= 0.3 is 0 Å². The normalized spacial score (nSPS) is 23.6. The second-order valence-electron chi connectivity index (χ2n) is 3.65. The first-order valence-corrected chi connectivity index (χ1v) is 4.63. The van der Waals surface area contributed by atoms with Gasteiger partial charge in [-0.25, -0.2) is 0 Å². The Labute approximate surface area is 77.6 Å². The van der Waals surface area contributed by atoms with Crippen LogP contribution in [0.5, 0.6) is 0 Å². The van der Waals surface area contributed by atoms with Crippen LogP contribution in [0.4, 0.5) is 0 Å². The van der Waals surface area contributed by atoms with E-state index in [1.54, 1.807) is 12.1 Å². The van der Waals surface area contributed by atoms with Crippen LogP contribution in [0.3, 0.4) is 0 Å². The van der Waals surface area contributed by atoms with Crippen molar-refractivity contribution >= 4 is 0 Å². The van der Waals surface area contributed by atoms with Gasteiger partial charge in [-0.3, -0.25) is 4.79 Å². The molecule has 1 aromatic heterocycles. The summed E-state index contributed by atoms with van der Waals surface area (Å²) in [6, 6.07) is 5.70. The quantitative estimate of drug-likeness (QED) is 0.633. The zero-order valence-corrected chi connectivity index (χ0v) is 7.81. The fourth-order valence-electron chi connectivity index (χ4n) is 1.88. The van der Waals surface area contributed by atoms with E-state index < -0.39 is 0 Å². The summed E-state index contributed by atoms with van der Waals surface area (Å²) < 4.78 is 1.84. The molecule has 0 radical (unpaired) electrons. The number of nitrogens with zero attached hydrogens (tertiary/aromatic N) is 2. The minimum Gasteiger partial charge on any atom is -0.311 e. The molecule has 1 unspecified atom stereocenters. The Kier molecular flexibility index (Phi) is 2.19. The van der Waals surface area contributed by atoms with Crippen LogP contribution < -0.4 is 5.56 Å². The van der Waals surface area contributed by atoms with E-state index in [0.717, 1.165) is 19.5 Å². The molecule has 13 heavy (non-hydrogen) atoms. The zero-order chi connectivity index (χ0) is 9.26. The van der Waals surface area contributed by atoms with E-state index in [2.05, 4.69) is 11.9 Å². The maximum Gasteiger partial charge on any atom is 0.250 e. The van der Waals surface area contributed by atoms with Crippen molar-refractivity contribution in [2.75, 3.05) is 20.1 Å². The van der Waals surface area contributed by atoms with Crippen LogP contribution in [-0.4, -0.2) is 29.6 Å². The molecular weight excluding hydrogens is 164 g/mol. The Bertz CT molecular complexity index is 345. The SMILES string of the molecule is CN1CCC(n2ccccc2=O)C1. The first-order valence-electron chi connectivity index (χ1n) is 4.63. The number of rotatable bonds is 1. The van der Waals surface area contributed by atoms with Crippen LogP contribution in [0.1, 0.15) is 12.5 Å². The second kappa shape index (κ2) is 3.34. The molecule has 1 saturated heterocycles. The van der Waals surface area contributed by atoms with Gasteiger partial charge in [0.1, 0.15) is 0 Å². The Balaban J connectivity index is 2.26. The highest BCUT2D eigenvalue weighted by atomic mass is 16.1. The molecule has 0 aliphatic carbocycles. The highest BCUT2D eigenvalue weighted by Crippen LogP contribution is 2.17. The molecule has 0 bridgehead atoms. The molecular formula is C10H14N2O. The minimum atomic E-state index is 0.114. The van der Waals surface area contributed by atoms with E-state index in [1.165, 1.54) is 0 Å². The van der Waals surface area contributed by atoms with Gasteiger partial charge < -0.3 is 9.47 Å². The van der Waals surface area contributed by atoms with Crippen molar-refractivity contribution in [2.24, 2.45) is 0 Å². The fraction of sp³-hybridized carbons (Fsp3) is 0.500. The number of hydrogen-bond donors (Lipinski definition) is 0. The van der Waals surface area contributed by atoms with Crippen molar-refractivity contribution in [3.63, 3.8) is 0 Å².